The molecule has 5 nitrogen and oxygen atoms in total. The van der Waals surface area contributed by atoms with Crippen LogP contribution in [0.15, 0.2) is 24.5 Å². The van der Waals surface area contributed by atoms with Crippen molar-refractivity contribution in [2.45, 2.75) is 11.7 Å². The van der Waals surface area contributed by atoms with Gasteiger partial charge in [0.05, 0.1) is 16.5 Å². The van der Waals surface area contributed by atoms with Crippen LogP contribution in [-0.4, -0.2) is 42.5 Å². The van der Waals surface area contributed by atoms with Gasteiger partial charge in [-0.3, -0.25) is 0 Å². The number of anilines is 1. The lowest BCUT2D eigenvalue weighted by Crippen LogP contribution is -2.27. The van der Waals surface area contributed by atoms with E-state index in [9.17, 15) is 12.8 Å². The second kappa shape index (κ2) is 4.37. The van der Waals surface area contributed by atoms with Crippen LogP contribution in [0.1, 0.15) is 6.42 Å². The number of aromatic nitrogens is 2. The fourth-order valence-corrected chi connectivity index (χ4v) is 5.58. The molecule has 1 aromatic carbocycles. The molecule has 0 bridgehead atoms. The van der Waals surface area contributed by atoms with Gasteiger partial charge >= 0.3 is 0 Å². The molecule has 21 heavy (non-hydrogen) atoms. The van der Waals surface area contributed by atoms with Crippen molar-refractivity contribution >= 4 is 26.6 Å². The standard InChI is InChI=1S/C14H14FN3O2S/c15-10-1-2-12-11(5-10)14(17-8-16-12)18-6-9-3-4-21(19,20)13(9)7-18/h1-2,5,8-9,13H,3-4,6-7H2/t9-,13+/m0/s1. The minimum Gasteiger partial charge on any atom is -0.354 e. The van der Waals surface area contributed by atoms with Gasteiger partial charge in [-0.1, -0.05) is 0 Å². The Kier molecular flexibility index (Phi) is 2.69. The van der Waals surface area contributed by atoms with Gasteiger partial charge in [0.15, 0.2) is 9.84 Å². The molecule has 2 atom stereocenters. The maximum Gasteiger partial charge on any atom is 0.155 e. The summed E-state index contributed by atoms with van der Waals surface area (Å²) in [6, 6.07) is 4.39. The molecule has 0 unspecified atom stereocenters. The number of benzene rings is 1. The second-order valence-corrected chi connectivity index (χ2v) is 8.06. The second-order valence-electron chi connectivity index (χ2n) is 5.72. The molecule has 7 heteroatoms. The van der Waals surface area contributed by atoms with Crippen molar-refractivity contribution < 1.29 is 12.8 Å². The van der Waals surface area contributed by atoms with E-state index >= 15 is 0 Å². The Balaban J connectivity index is 1.77. The van der Waals surface area contributed by atoms with E-state index in [0.29, 0.717) is 36.2 Å². The van der Waals surface area contributed by atoms with E-state index < -0.39 is 9.84 Å². The third-order valence-electron chi connectivity index (χ3n) is 4.49. The quantitative estimate of drug-likeness (QED) is 0.797. The van der Waals surface area contributed by atoms with Gasteiger partial charge in [-0.15, -0.1) is 0 Å². The van der Waals surface area contributed by atoms with Crippen molar-refractivity contribution in [3.8, 4) is 0 Å². The minimum atomic E-state index is -2.99. The zero-order chi connectivity index (χ0) is 14.6. The molecular weight excluding hydrogens is 293 g/mol. The van der Waals surface area contributed by atoms with E-state index in [4.69, 9.17) is 0 Å². The Morgan fingerprint density at radius 3 is 2.90 bits per heavy atom. The maximum absolute atomic E-state index is 13.5. The highest BCUT2D eigenvalue weighted by atomic mass is 32.2. The molecule has 1 aromatic heterocycles. The number of hydrogen-bond acceptors (Lipinski definition) is 5. The van der Waals surface area contributed by atoms with Crippen LogP contribution >= 0.6 is 0 Å². The molecule has 2 saturated heterocycles. The summed E-state index contributed by atoms with van der Waals surface area (Å²) in [5.74, 6) is 0.734. The molecular formula is C14H14FN3O2S. The van der Waals surface area contributed by atoms with Crippen LogP contribution in [0.5, 0.6) is 0 Å². The van der Waals surface area contributed by atoms with Crippen molar-refractivity contribution in [1.29, 1.82) is 0 Å². The van der Waals surface area contributed by atoms with E-state index in [-0.39, 0.29) is 22.7 Å². The summed E-state index contributed by atoms with van der Waals surface area (Å²) < 4.78 is 37.5. The van der Waals surface area contributed by atoms with Crippen LogP contribution < -0.4 is 4.90 Å². The molecule has 110 valence electrons. The predicted octanol–water partition coefficient (Wildman–Crippen LogP) is 1.39. The molecule has 0 radical (unpaired) electrons. The first-order valence-electron chi connectivity index (χ1n) is 6.91. The zero-order valence-electron chi connectivity index (χ0n) is 11.2. The van der Waals surface area contributed by atoms with E-state index in [0.717, 1.165) is 0 Å². The lowest BCUT2D eigenvalue weighted by Gasteiger charge is -2.19. The third-order valence-corrected chi connectivity index (χ3v) is 6.75. The number of halogens is 1. The first kappa shape index (κ1) is 12.9. The van der Waals surface area contributed by atoms with E-state index in [2.05, 4.69) is 9.97 Å². The molecule has 2 aliphatic rings. The lowest BCUT2D eigenvalue weighted by molar-refractivity contribution is 0.577. The molecule has 4 rings (SSSR count). The van der Waals surface area contributed by atoms with Crippen LogP contribution in [0.4, 0.5) is 10.2 Å². The molecule has 2 aliphatic heterocycles. The number of hydrogen-bond donors (Lipinski definition) is 0. The molecule has 0 amide bonds. The summed E-state index contributed by atoms with van der Waals surface area (Å²) in [6.45, 7) is 1.10. The van der Waals surface area contributed by atoms with Crippen molar-refractivity contribution in [3.63, 3.8) is 0 Å². The normalized spacial score (nSPS) is 27.2. The van der Waals surface area contributed by atoms with Gasteiger partial charge in [0.2, 0.25) is 0 Å². The molecule has 0 aliphatic carbocycles. The Hall–Kier alpha value is -1.76. The SMILES string of the molecule is O=S1(=O)CC[C@H]2CN(c3ncnc4ccc(F)cc34)C[C@H]21. The summed E-state index contributed by atoms with van der Waals surface area (Å²) in [7, 11) is -2.99. The number of fused-ring (bicyclic) bond motifs is 2. The first-order chi connectivity index (χ1) is 10.0. The van der Waals surface area contributed by atoms with Crippen molar-refractivity contribution in [2.75, 3.05) is 23.7 Å². The molecule has 2 aromatic rings. The minimum absolute atomic E-state index is 0.161. The Bertz CT molecular complexity index is 824. The van der Waals surface area contributed by atoms with E-state index in [1.165, 1.54) is 18.5 Å². The van der Waals surface area contributed by atoms with E-state index in [1.54, 1.807) is 6.07 Å². The van der Waals surface area contributed by atoms with Crippen molar-refractivity contribution in [1.82, 2.24) is 9.97 Å². The summed E-state index contributed by atoms with van der Waals surface area (Å²) in [5.41, 5.74) is 0.668. The largest absolute Gasteiger partial charge is 0.354 e. The third kappa shape index (κ3) is 1.98. The monoisotopic (exact) mass is 307 g/mol. The van der Waals surface area contributed by atoms with Gasteiger partial charge in [0, 0.05) is 18.5 Å². The summed E-state index contributed by atoms with van der Waals surface area (Å²) in [5, 5.41) is 0.325. The van der Waals surface area contributed by atoms with Gasteiger partial charge in [0.25, 0.3) is 0 Å². The topological polar surface area (TPSA) is 63.2 Å². The number of sulfone groups is 1. The van der Waals surface area contributed by atoms with Crippen LogP contribution in [0.3, 0.4) is 0 Å². The van der Waals surface area contributed by atoms with Gasteiger partial charge in [-0.25, -0.2) is 22.8 Å². The average Bonchev–Trinajstić information content (AvgIpc) is 2.99. The number of rotatable bonds is 1. The lowest BCUT2D eigenvalue weighted by atomic mass is 10.1. The molecule has 0 N–H and O–H groups in total. The summed E-state index contributed by atoms with van der Waals surface area (Å²) in [6.07, 6.45) is 2.15. The maximum atomic E-state index is 13.5. The summed E-state index contributed by atoms with van der Waals surface area (Å²) in [4.78, 5) is 10.3. The fraction of sp³-hybridized carbons (Fsp3) is 0.429. The Morgan fingerprint density at radius 1 is 1.24 bits per heavy atom. The molecule has 0 spiro atoms. The Labute approximate surface area is 121 Å². The average molecular weight is 307 g/mol. The molecule has 3 heterocycles. The highest BCUT2D eigenvalue weighted by Crippen LogP contribution is 2.37. The van der Waals surface area contributed by atoms with Crippen LogP contribution in [0.25, 0.3) is 10.9 Å². The molecule has 2 fully saturated rings. The smallest absolute Gasteiger partial charge is 0.155 e. The highest BCUT2D eigenvalue weighted by molar-refractivity contribution is 7.92. The van der Waals surface area contributed by atoms with Crippen molar-refractivity contribution in [3.05, 3.63) is 30.3 Å². The fourth-order valence-electron chi connectivity index (χ4n) is 3.43. The van der Waals surface area contributed by atoms with Crippen molar-refractivity contribution in [2.24, 2.45) is 5.92 Å². The predicted molar refractivity (Wildman–Crippen MR) is 77.4 cm³/mol. The van der Waals surface area contributed by atoms with E-state index in [1.807, 2.05) is 4.90 Å². The first-order valence-corrected chi connectivity index (χ1v) is 8.63. The van der Waals surface area contributed by atoms with Gasteiger partial charge in [-0.05, 0) is 30.5 Å². The Morgan fingerprint density at radius 2 is 2.10 bits per heavy atom. The highest BCUT2D eigenvalue weighted by Gasteiger charge is 2.46. The van der Waals surface area contributed by atoms with Gasteiger partial charge in [0.1, 0.15) is 18.0 Å². The van der Waals surface area contributed by atoms with Gasteiger partial charge < -0.3 is 4.90 Å². The van der Waals surface area contributed by atoms with Crippen LogP contribution in [0, 0.1) is 11.7 Å². The summed E-state index contributed by atoms with van der Waals surface area (Å²) >= 11 is 0. The van der Waals surface area contributed by atoms with Crippen LogP contribution in [-0.2, 0) is 9.84 Å². The zero-order valence-corrected chi connectivity index (χ0v) is 12.1. The van der Waals surface area contributed by atoms with Gasteiger partial charge in [-0.2, -0.15) is 0 Å². The number of nitrogens with zero attached hydrogens (tertiary/aromatic N) is 3. The van der Waals surface area contributed by atoms with Crippen LogP contribution in [0.2, 0.25) is 0 Å². The molecule has 0 saturated carbocycles.